The molecule has 1 N–H and O–H groups in total. The molecule has 2 aromatic rings. The second-order valence-electron chi connectivity index (χ2n) is 5.38. The number of halogens is 3. The summed E-state index contributed by atoms with van der Waals surface area (Å²) in [5, 5.41) is 12.6. The molecule has 0 aliphatic rings. The van der Waals surface area contributed by atoms with Crippen LogP contribution in [0.25, 0.3) is 6.08 Å². The molecule has 0 saturated heterocycles. The number of nitriles is 1. The fourth-order valence-electron chi connectivity index (χ4n) is 2.16. The highest BCUT2D eigenvalue weighted by molar-refractivity contribution is 9.10. The van der Waals surface area contributed by atoms with Crippen molar-refractivity contribution in [1.82, 2.24) is 0 Å². The number of hydrogen-bond donors (Lipinski definition) is 1. The molecule has 0 atom stereocenters. The van der Waals surface area contributed by atoms with E-state index in [0.717, 1.165) is 0 Å². The summed E-state index contributed by atoms with van der Waals surface area (Å²) in [5.41, 5.74) is 0.582. The molecule has 0 radical (unpaired) electrons. The van der Waals surface area contributed by atoms with Crippen molar-refractivity contribution in [3.8, 4) is 17.6 Å². The minimum Gasteiger partial charge on any atom is -0.493 e. The number of hydrogen-bond acceptors (Lipinski definition) is 5. The van der Waals surface area contributed by atoms with Crippen LogP contribution in [0.5, 0.6) is 11.5 Å². The molecule has 1 amide bonds. The van der Waals surface area contributed by atoms with Gasteiger partial charge < -0.3 is 14.8 Å². The molecule has 28 heavy (non-hydrogen) atoms. The number of rotatable bonds is 5. The summed E-state index contributed by atoms with van der Waals surface area (Å²) in [6.07, 6.45) is 1.36. The number of nitrogens with zero attached hydrogens (tertiary/aromatic N) is 1. The predicted octanol–water partition coefficient (Wildman–Crippen LogP) is 5.24. The van der Waals surface area contributed by atoms with Crippen molar-refractivity contribution in [1.29, 1.82) is 5.26 Å². The lowest BCUT2D eigenvalue weighted by Crippen LogP contribution is -2.13. The highest BCUT2D eigenvalue weighted by Gasteiger charge is 2.16. The summed E-state index contributed by atoms with van der Waals surface area (Å²) >= 11 is 15.2. The minimum absolute atomic E-state index is 0.176. The number of methoxy groups -OCH3 is 1. The van der Waals surface area contributed by atoms with Crippen LogP contribution >= 0.6 is 39.1 Å². The molecule has 2 aromatic carbocycles. The first-order valence-corrected chi connectivity index (χ1v) is 9.24. The summed E-state index contributed by atoms with van der Waals surface area (Å²) in [7, 11) is 1.40. The van der Waals surface area contributed by atoms with Crippen LogP contribution in [0.1, 0.15) is 12.5 Å². The van der Waals surface area contributed by atoms with Gasteiger partial charge in [-0.05, 0) is 57.9 Å². The highest BCUT2D eigenvalue weighted by Crippen LogP contribution is 2.37. The molecule has 2 rings (SSSR count). The maximum Gasteiger partial charge on any atom is 0.308 e. The van der Waals surface area contributed by atoms with Gasteiger partial charge in [0.25, 0.3) is 5.91 Å². The van der Waals surface area contributed by atoms with Crippen LogP contribution < -0.4 is 14.8 Å². The molecule has 0 fully saturated rings. The van der Waals surface area contributed by atoms with Gasteiger partial charge in [0.05, 0.1) is 22.3 Å². The zero-order valence-corrected chi connectivity index (χ0v) is 17.8. The average Bonchev–Trinajstić information content (AvgIpc) is 2.64. The van der Waals surface area contributed by atoms with Gasteiger partial charge in [-0.2, -0.15) is 5.26 Å². The fourth-order valence-corrected chi connectivity index (χ4v) is 3.04. The zero-order valence-electron chi connectivity index (χ0n) is 14.7. The average molecular weight is 484 g/mol. The highest BCUT2D eigenvalue weighted by atomic mass is 79.9. The van der Waals surface area contributed by atoms with Crippen LogP contribution in [0.3, 0.4) is 0 Å². The molecule has 0 aliphatic carbocycles. The minimum atomic E-state index is -0.661. The zero-order chi connectivity index (χ0) is 20.8. The summed E-state index contributed by atoms with van der Waals surface area (Å²) in [5.74, 6) is -0.726. The van der Waals surface area contributed by atoms with Crippen LogP contribution in [-0.4, -0.2) is 19.0 Å². The predicted molar refractivity (Wildman–Crippen MR) is 111 cm³/mol. The smallest absolute Gasteiger partial charge is 0.308 e. The van der Waals surface area contributed by atoms with E-state index in [1.165, 1.54) is 38.3 Å². The maximum absolute atomic E-state index is 12.4. The molecule has 0 spiro atoms. The van der Waals surface area contributed by atoms with Gasteiger partial charge in [-0.15, -0.1) is 0 Å². The van der Waals surface area contributed by atoms with Crippen LogP contribution in [0, 0.1) is 11.3 Å². The molecular formula is C19H13BrCl2N2O4. The van der Waals surface area contributed by atoms with Gasteiger partial charge >= 0.3 is 5.97 Å². The standard InChI is InChI=1S/C19H13BrCl2N2O4/c1-10(25)28-18-14(20)6-11(7-17(18)27-2)5-12(9-23)19(26)24-16-8-13(21)3-4-15(16)22/h3-8H,1-2H3,(H,24,26)/b12-5-. The Bertz CT molecular complexity index is 1020. The Hall–Kier alpha value is -2.53. The van der Waals surface area contributed by atoms with Gasteiger partial charge in [0.2, 0.25) is 0 Å². The second kappa shape index (κ2) is 9.60. The Kier molecular flexibility index (Phi) is 7.46. The van der Waals surface area contributed by atoms with Crippen molar-refractivity contribution in [2.24, 2.45) is 0 Å². The van der Waals surface area contributed by atoms with Crippen molar-refractivity contribution in [2.45, 2.75) is 6.92 Å². The summed E-state index contributed by atoms with van der Waals surface area (Å²) < 4.78 is 10.7. The van der Waals surface area contributed by atoms with Gasteiger partial charge in [-0.1, -0.05) is 23.2 Å². The Morgan fingerprint density at radius 3 is 2.57 bits per heavy atom. The number of esters is 1. The van der Waals surface area contributed by atoms with E-state index < -0.39 is 11.9 Å². The third-order valence-corrected chi connectivity index (χ3v) is 4.50. The number of carbonyl (C=O) groups excluding carboxylic acids is 2. The monoisotopic (exact) mass is 482 g/mol. The number of nitrogens with one attached hydrogen (secondary N) is 1. The van der Waals surface area contributed by atoms with Crippen molar-refractivity contribution in [2.75, 3.05) is 12.4 Å². The second-order valence-corrected chi connectivity index (χ2v) is 7.07. The maximum atomic E-state index is 12.4. The van der Waals surface area contributed by atoms with Gasteiger partial charge in [0.15, 0.2) is 11.5 Å². The van der Waals surface area contributed by atoms with Crippen LogP contribution in [-0.2, 0) is 9.59 Å². The normalized spacial score (nSPS) is 10.8. The number of amides is 1. The molecule has 6 nitrogen and oxygen atoms in total. The lowest BCUT2D eigenvalue weighted by molar-refractivity contribution is -0.132. The van der Waals surface area contributed by atoms with Crippen LogP contribution in [0.4, 0.5) is 5.69 Å². The molecular weight excluding hydrogens is 471 g/mol. The number of benzene rings is 2. The number of anilines is 1. The molecule has 0 aromatic heterocycles. The van der Waals surface area contributed by atoms with E-state index in [2.05, 4.69) is 21.2 Å². The molecule has 0 unspecified atom stereocenters. The first-order valence-electron chi connectivity index (χ1n) is 7.69. The molecule has 9 heteroatoms. The summed E-state index contributed by atoms with van der Waals surface area (Å²) in [6.45, 7) is 1.26. The van der Waals surface area contributed by atoms with Gasteiger partial charge in [-0.3, -0.25) is 9.59 Å². The molecule has 0 heterocycles. The van der Waals surface area contributed by atoms with Crippen molar-refractivity contribution in [3.63, 3.8) is 0 Å². The first-order chi connectivity index (χ1) is 13.2. The fraction of sp³-hybridized carbons (Fsp3) is 0.105. The first kappa shape index (κ1) is 21.8. The Morgan fingerprint density at radius 2 is 1.96 bits per heavy atom. The topological polar surface area (TPSA) is 88.4 Å². The van der Waals surface area contributed by atoms with E-state index >= 15 is 0 Å². The van der Waals surface area contributed by atoms with Gasteiger partial charge in [0, 0.05) is 11.9 Å². The van der Waals surface area contributed by atoms with Crippen molar-refractivity contribution >= 4 is 62.8 Å². The Balaban J connectivity index is 2.37. The molecule has 0 aliphatic heterocycles. The van der Waals surface area contributed by atoms with E-state index in [9.17, 15) is 14.9 Å². The third-order valence-electron chi connectivity index (χ3n) is 3.35. The molecule has 144 valence electrons. The van der Waals surface area contributed by atoms with Crippen LogP contribution in [0.15, 0.2) is 40.4 Å². The summed E-state index contributed by atoms with van der Waals surface area (Å²) in [6, 6.07) is 9.54. The van der Waals surface area contributed by atoms with Crippen molar-refractivity contribution < 1.29 is 19.1 Å². The van der Waals surface area contributed by atoms with E-state index in [1.807, 2.05) is 6.07 Å². The Morgan fingerprint density at radius 1 is 1.25 bits per heavy atom. The van der Waals surface area contributed by atoms with Gasteiger partial charge in [-0.25, -0.2) is 0 Å². The van der Waals surface area contributed by atoms with E-state index in [-0.39, 0.29) is 27.8 Å². The van der Waals surface area contributed by atoms with E-state index in [1.54, 1.807) is 12.1 Å². The molecule has 0 bridgehead atoms. The quantitative estimate of drug-likeness (QED) is 0.272. The van der Waals surface area contributed by atoms with E-state index in [0.29, 0.717) is 15.1 Å². The molecule has 0 saturated carbocycles. The number of carbonyl (C=O) groups is 2. The Labute approximate surface area is 179 Å². The number of ether oxygens (including phenoxy) is 2. The SMILES string of the molecule is COc1cc(/C=C(/C#N)C(=O)Nc2cc(Cl)ccc2Cl)cc(Br)c1OC(C)=O. The summed E-state index contributed by atoms with van der Waals surface area (Å²) in [4.78, 5) is 23.7. The lowest BCUT2D eigenvalue weighted by atomic mass is 10.1. The third kappa shape index (κ3) is 5.49. The van der Waals surface area contributed by atoms with Crippen molar-refractivity contribution in [3.05, 3.63) is 56.0 Å². The van der Waals surface area contributed by atoms with Crippen LogP contribution in [0.2, 0.25) is 10.0 Å². The lowest BCUT2D eigenvalue weighted by Gasteiger charge is -2.11. The largest absolute Gasteiger partial charge is 0.493 e. The van der Waals surface area contributed by atoms with Gasteiger partial charge in [0.1, 0.15) is 11.6 Å². The van der Waals surface area contributed by atoms with E-state index in [4.69, 9.17) is 32.7 Å².